The Balaban J connectivity index is 2.19. The third kappa shape index (κ3) is 2.98. The summed E-state index contributed by atoms with van der Waals surface area (Å²) in [7, 11) is 0. The lowest BCUT2D eigenvalue weighted by atomic mass is 10.1. The molecule has 0 aliphatic heterocycles. The lowest BCUT2D eigenvalue weighted by Crippen LogP contribution is -2.03. The Labute approximate surface area is 115 Å². The molecule has 0 heterocycles. The van der Waals surface area contributed by atoms with Gasteiger partial charge in [-0.15, -0.1) is 0 Å². The summed E-state index contributed by atoms with van der Waals surface area (Å²) in [6, 6.07) is 11.8. The largest absolute Gasteiger partial charge is 0.507 e. The van der Waals surface area contributed by atoms with E-state index in [1.807, 2.05) is 12.1 Å². The van der Waals surface area contributed by atoms with Crippen LogP contribution in [0, 0.1) is 0 Å². The number of aromatic carboxylic acids is 1. The number of nitrogens with one attached hydrogen (secondary N) is 1. The first-order chi connectivity index (χ1) is 9.09. The van der Waals surface area contributed by atoms with E-state index in [9.17, 15) is 9.90 Å². The minimum absolute atomic E-state index is 0.113. The number of halogens is 1. The second-order valence-electron chi connectivity index (χ2n) is 3.95. The number of hydrogen-bond acceptors (Lipinski definition) is 3. The topological polar surface area (TPSA) is 69.6 Å². The third-order valence-corrected chi connectivity index (χ3v) is 3.02. The molecular formula is C14H12ClNO3. The van der Waals surface area contributed by atoms with Crippen LogP contribution >= 0.6 is 11.6 Å². The summed E-state index contributed by atoms with van der Waals surface area (Å²) in [6.45, 7) is 0.288. The maximum absolute atomic E-state index is 10.9. The molecule has 2 rings (SSSR count). The number of phenols is 1. The molecule has 98 valence electrons. The minimum atomic E-state index is -1.16. The Kier molecular flexibility index (Phi) is 3.92. The maximum atomic E-state index is 10.9. The van der Waals surface area contributed by atoms with Gasteiger partial charge in [-0.25, -0.2) is 4.79 Å². The number of carbonyl (C=O) groups is 1. The number of carboxylic acid groups (broad SMARTS) is 1. The first-order valence-electron chi connectivity index (χ1n) is 5.62. The van der Waals surface area contributed by atoms with Crippen LogP contribution in [0.25, 0.3) is 0 Å². The molecule has 0 saturated heterocycles. The van der Waals surface area contributed by atoms with Gasteiger partial charge in [0.1, 0.15) is 11.3 Å². The predicted octanol–water partition coefficient (Wildman–Crippen LogP) is 3.36. The van der Waals surface area contributed by atoms with Crippen LogP contribution in [0.1, 0.15) is 15.9 Å². The van der Waals surface area contributed by atoms with E-state index >= 15 is 0 Å². The van der Waals surface area contributed by atoms with Gasteiger partial charge in [0.2, 0.25) is 0 Å². The van der Waals surface area contributed by atoms with Crippen molar-refractivity contribution in [3.8, 4) is 5.75 Å². The van der Waals surface area contributed by atoms with E-state index in [2.05, 4.69) is 5.32 Å². The monoisotopic (exact) mass is 277 g/mol. The zero-order valence-corrected chi connectivity index (χ0v) is 10.7. The van der Waals surface area contributed by atoms with Crippen molar-refractivity contribution >= 4 is 23.3 Å². The highest BCUT2D eigenvalue weighted by Gasteiger charge is 2.12. The Morgan fingerprint density at radius 1 is 1.16 bits per heavy atom. The van der Waals surface area contributed by atoms with Gasteiger partial charge < -0.3 is 15.5 Å². The van der Waals surface area contributed by atoms with Gasteiger partial charge in [0.25, 0.3) is 0 Å². The Hall–Kier alpha value is -2.20. The average molecular weight is 278 g/mol. The molecule has 0 spiro atoms. The van der Waals surface area contributed by atoms with Gasteiger partial charge in [-0.05, 0) is 18.2 Å². The smallest absolute Gasteiger partial charge is 0.339 e. The maximum Gasteiger partial charge on any atom is 0.339 e. The van der Waals surface area contributed by atoms with E-state index in [0.717, 1.165) is 5.69 Å². The zero-order valence-electron chi connectivity index (χ0n) is 9.93. The molecule has 19 heavy (non-hydrogen) atoms. The zero-order chi connectivity index (χ0) is 13.8. The number of anilines is 1. The van der Waals surface area contributed by atoms with Crippen LogP contribution in [-0.4, -0.2) is 16.2 Å². The van der Waals surface area contributed by atoms with E-state index < -0.39 is 5.97 Å². The highest BCUT2D eigenvalue weighted by atomic mass is 35.5. The van der Waals surface area contributed by atoms with Crippen molar-refractivity contribution in [2.75, 3.05) is 5.32 Å². The molecule has 0 bridgehead atoms. The SMILES string of the molecule is O=C(O)c1cccc(CNc2ccccc2Cl)c1O. The molecule has 3 N–H and O–H groups in total. The van der Waals surface area contributed by atoms with Gasteiger partial charge in [0.15, 0.2) is 0 Å². The van der Waals surface area contributed by atoms with Gasteiger partial charge in [0, 0.05) is 12.1 Å². The van der Waals surface area contributed by atoms with Gasteiger partial charge in [-0.2, -0.15) is 0 Å². The van der Waals surface area contributed by atoms with E-state index in [1.165, 1.54) is 6.07 Å². The molecular weight excluding hydrogens is 266 g/mol. The number of carboxylic acids is 1. The molecule has 5 heteroatoms. The van der Waals surface area contributed by atoms with Crippen LogP contribution in [0.2, 0.25) is 5.02 Å². The molecule has 0 saturated carbocycles. The standard InChI is InChI=1S/C14H12ClNO3/c15-11-6-1-2-7-12(11)16-8-9-4-3-5-10(13(9)17)14(18)19/h1-7,16-17H,8H2,(H,18,19). The predicted molar refractivity (Wildman–Crippen MR) is 73.8 cm³/mol. The van der Waals surface area contributed by atoms with Crippen LogP contribution in [0.3, 0.4) is 0 Å². The van der Waals surface area contributed by atoms with Crippen LogP contribution in [0.5, 0.6) is 5.75 Å². The molecule has 0 aliphatic carbocycles. The van der Waals surface area contributed by atoms with Gasteiger partial charge in [0.05, 0.1) is 10.7 Å². The quantitative estimate of drug-likeness (QED) is 0.801. The van der Waals surface area contributed by atoms with Crippen molar-refractivity contribution in [2.45, 2.75) is 6.54 Å². The van der Waals surface area contributed by atoms with Crippen molar-refractivity contribution < 1.29 is 15.0 Å². The summed E-state index contributed by atoms with van der Waals surface area (Å²) >= 11 is 5.99. The molecule has 4 nitrogen and oxygen atoms in total. The molecule has 0 unspecified atom stereocenters. The van der Waals surface area contributed by atoms with Crippen molar-refractivity contribution in [2.24, 2.45) is 0 Å². The highest BCUT2D eigenvalue weighted by Crippen LogP contribution is 2.25. The highest BCUT2D eigenvalue weighted by molar-refractivity contribution is 6.33. The van der Waals surface area contributed by atoms with Crippen LogP contribution in [0.15, 0.2) is 42.5 Å². The second-order valence-corrected chi connectivity index (χ2v) is 4.36. The fourth-order valence-corrected chi connectivity index (χ4v) is 1.90. The summed E-state index contributed by atoms with van der Waals surface area (Å²) in [5.74, 6) is -1.38. The number of aromatic hydroxyl groups is 1. The first kappa shape index (κ1) is 13.2. The Morgan fingerprint density at radius 3 is 2.58 bits per heavy atom. The molecule has 0 amide bonds. The summed E-state index contributed by atoms with van der Waals surface area (Å²) < 4.78 is 0. The Morgan fingerprint density at radius 2 is 1.89 bits per heavy atom. The summed E-state index contributed by atoms with van der Waals surface area (Å²) in [4.78, 5) is 10.9. The summed E-state index contributed by atoms with van der Waals surface area (Å²) in [5, 5.41) is 22.4. The number of benzene rings is 2. The lowest BCUT2D eigenvalue weighted by molar-refractivity contribution is 0.0693. The minimum Gasteiger partial charge on any atom is -0.507 e. The van der Waals surface area contributed by atoms with Crippen molar-refractivity contribution in [3.63, 3.8) is 0 Å². The number of hydrogen-bond donors (Lipinski definition) is 3. The van der Waals surface area contributed by atoms with Crippen molar-refractivity contribution in [1.82, 2.24) is 0 Å². The fourth-order valence-electron chi connectivity index (χ4n) is 1.70. The first-order valence-corrected chi connectivity index (χ1v) is 6.00. The normalized spacial score (nSPS) is 10.2. The van der Waals surface area contributed by atoms with Crippen LogP contribution < -0.4 is 5.32 Å². The van der Waals surface area contributed by atoms with Crippen molar-refractivity contribution in [1.29, 1.82) is 0 Å². The molecule has 2 aromatic rings. The third-order valence-electron chi connectivity index (χ3n) is 2.69. The molecule has 0 fully saturated rings. The van der Waals surface area contributed by atoms with E-state index in [-0.39, 0.29) is 17.9 Å². The van der Waals surface area contributed by atoms with Crippen molar-refractivity contribution in [3.05, 3.63) is 58.6 Å². The average Bonchev–Trinajstić information content (AvgIpc) is 2.39. The molecule has 0 atom stereocenters. The fraction of sp³-hybridized carbons (Fsp3) is 0.0714. The molecule has 2 aromatic carbocycles. The second kappa shape index (κ2) is 5.63. The van der Waals surface area contributed by atoms with Gasteiger partial charge in [-0.1, -0.05) is 35.9 Å². The van der Waals surface area contributed by atoms with E-state index in [0.29, 0.717) is 10.6 Å². The number of rotatable bonds is 4. The summed E-state index contributed by atoms with van der Waals surface area (Å²) in [5.41, 5.74) is 1.11. The summed E-state index contributed by atoms with van der Waals surface area (Å²) in [6.07, 6.45) is 0. The lowest BCUT2D eigenvalue weighted by Gasteiger charge is -2.10. The van der Waals surface area contributed by atoms with Gasteiger partial charge in [-0.3, -0.25) is 0 Å². The van der Waals surface area contributed by atoms with E-state index in [1.54, 1.807) is 24.3 Å². The molecule has 0 aromatic heterocycles. The van der Waals surface area contributed by atoms with Crippen LogP contribution in [-0.2, 0) is 6.54 Å². The van der Waals surface area contributed by atoms with E-state index in [4.69, 9.17) is 16.7 Å². The molecule has 0 radical (unpaired) electrons. The number of para-hydroxylation sites is 2. The molecule has 0 aliphatic rings. The Bertz CT molecular complexity index is 613. The van der Waals surface area contributed by atoms with Crippen LogP contribution in [0.4, 0.5) is 5.69 Å². The van der Waals surface area contributed by atoms with Gasteiger partial charge >= 0.3 is 5.97 Å².